The summed E-state index contributed by atoms with van der Waals surface area (Å²) in [4.78, 5) is 25.2. The van der Waals surface area contributed by atoms with Gasteiger partial charge in [-0.15, -0.1) is 11.3 Å². The van der Waals surface area contributed by atoms with Crippen molar-refractivity contribution < 1.29 is 4.79 Å². The molecule has 0 atom stereocenters. The summed E-state index contributed by atoms with van der Waals surface area (Å²) in [6, 6.07) is 3.95. The van der Waals surface area contributed by atoms with Gasteiger partial charge in [-0.05, 0) is 24.3 Å². The lowest BCUT2D eigenvalue weighted by Gasteiger charge is -2.18. The third kappa shape index (κ3) is 4.90. The van der Waals surface area contributed by atoms with E-state index in [0.29, 0.717) is 24.8 Å². The summed E-state index contributed by atoms with van der Waals surface area (Å²) in [5, 5.41) is 11.7. The van der Waals surface area contributed by atoms with Crippen LogP contribution in [0.4, 0.5) is 5.82 Å². The second kappa shape index (κ2) is 9.13. The van der Waals surface area contributed by atoms with E-state index in [1.807, 2.05) is 28.4 Å². The number of carbonyl (C=O) groups is 1. The lowest BCUT2D eigenvalue weighted by Crippen LogP contribution is -2.28. The molecule has 3 aromatic rings. The highest BCUT2D eigenvalue weighted by Crippen LogP contribution is 2.30. The van der Waals surface area contributed by atoms with Gasteiger partial charge in [-0.25, -0.2) is 14.6 Å². The fourth-order valence-corrected chi connectivity index (χ4v) is 4.86. The zero-order valence-corrected chi connectivity index (χ0v) is 18.4. The Hall–Kier alpha value is -2.13. The number of thiophene rings is 1. The first-order valence-electron chi connectivity index (χ1n) is 10.0. The van der Waals surface area contributed by atoms with E-state index in [-0.39, 0.29) is 5.91 Å². The number of hydrogen-bond donors (Lipinski definition) is 1. The van der Waals surface area contributed by atoms with Crippen molar-refractivity contribution in [1.29, 1.82) is 0 Å². The van der Waals surface area contributed by atoms with Gasteiger partial charge in [0.15, 0.2) is 10.8 Å². The zero-order chi connectivity index (χ0) is 20.2. The number of thioether (sulfide) groups is 1. The van der Waals surface area contributed by atoms with E-state index in [2.05, 4.69) is 29.2 Å². The summed E-state index contributed by atoms with van der Waals surface area (Å²) in [6.07, 6.45) is 4.68. The number of amides is 1. The Labute approximate surface area is 178 Å². The van der Waals surface area contributed by atoms with Crippen molar-refractivity contribution in [3.8, 4) is 0 Å². The van der Waals surface area contributed by atoms with Crippen LogP contribution < -0.4 is 10.2 Å². The summed E-state index contributed by atoms with van der Waals surface area (Å²) >= 11 is 3.27. The Kier molecular flexibility index (Phi) is 6.34. The molecule has 4 rings (SSSR count). The summed E-state index contributed by atoms with van der Waals surface area (Å²) in [6.45, 7) is 7.46. The smallest absolute Gasteiger partial charge is 0.225 e. The molecule has 154 valence electrons. The van der Waals surface area contributed by atoms with Crippen LogP contribution in [0, 0.1) is 0 Å². The van der Waals surface area contributed by atoms with Crippen molar-refractivity contribution in [2.75, 3.05) is 24.5 Å². The molecule has 0 aromatic carbocycles. The van der Waals surface area contributed by atoms with Gasteiger partial charge in [-0.3, -0.25) is 4.79 Å². The van der Waals surface area contributed by atoms with Gasteiger partial charge in [0.25, 0.3) is 0 Å². The van der Waals surface area contributed by atoms with Crippen LogP contribution in [0.2, 0.25) is 0 Å². The third-order valence-electron chi connectivity index (χ3n) is 4.76. The normalized spacial score (nSPS) is 14.2. The predicted molar refractivity (Wildman–Crippen MR) is 119 cm³/mol. The third-order valence-corrected chi connectivity index (χ3v) is 6.50. The molecule has 0 bridgehead atoms. The van der Waals surface area contributed by atoms with Crippen LogP contribution in [0.25, 0.3) is 11.0 Å². The minimum absolute atomic E-state index is 0.0346. The van der Waals surface area contributed by atoms with E-state index < -0.39 is 0 Å². The molecular formula is C20H26N6OS2. The molecule has 0 aliphatic carbocycles. The van der Waals surface area contributed by atoms with E-state index in [0.717, 1.165) is 40.0 Å². The van der Waals surface area contributed by atoms with E-state index in [1.54, 1.807) is 23.1 Å². The highest BCUT2D eigenvalue weighted by molar-refractivity contribution is 7.99. The number of fused-ring (bicyclic) bond motifs is 1. The molecule has 29 heavy (non-hydrogen) atoms. The number of nitrogens with one attached hydrogen (secondary N) is 1. The molecule has 1 N–H and O–H groups in total. The minimum atomic E-state index is 0.0346. The molecule has 0 spiro atoms. The number of aromatic nitrogens is 4. The lowest BCUT2D eigenvalue weighted by molar-refractivity contribution is -0.120. The number of hydrogen-bond acceptors (Lipinski definition) is 7. The van der Waals surface area contributed by atoms with Gasteiger partial charge in [0.2, 0.25) is 5.91 Å². The van der Waals surface area contributed by atoms with E-state index >= 15 is 0 Å². The molecular weight excluding hydrogens is 404 g/mol. The number of nitrogens with zero attached hydrogens (tertiary/aromatic N) is 5. The predicted octanol–water partition coefficient (Wildman–Crippen LogP) is 3.35. The summed E-state index contributed by atoms with van der Waals surface area (Å²) in [5.41, 5.74) is 0.845. The van der Waals surface area contributed by atoms with Gasteiger partial charge >= 0.3 is 0 Å². The summed E-state index contributed by atoms with van der Waals surface area (Å²) in [5.74, 6) is 1.02. The molecule has 0 radical (unpaired) electrons. The maximum absolute atomic E-state index is 12.1. The zero-order valence-electron chi connectivity index (χ0n) is 16.8. The highest BCUT2D eigenvalue weighted by Gasteiger charge is 2.21. The summed E-state index contributed by atoms with van der Waals surface area (Å²) < 4.78 is 1.88. The first-order chi connectivity index (χ1) is 14.1. The molecule has 0 unspecified atom stereocenters. The first-order valence-corrected chi connectivity index (χ1v) is 11.8. The Bertz CT molecular complexity index is 963. The lowest BCUT2D eigenvalue weighted by atomic mass is 10.3. The molecule has 1 aliphatic rings. The molecule has 4 heterocycles. The van der Waals surface area contributed by atoms with Crippen LogP contribution in [-0.2, 0) is 17.8 Å². The molecule has 1 aliphatic heterocycles. The maximum Gasteiger partial charge on any atom is 0.225 e. The van der Waals surface area contributed by atoms with Crippen molar-refractivity contribution in [3.63, 3.8) is 0 Å². The maximum atomic E-state index is 12.1. The van der Waals surface area contributed by atoms with E-state index in [9.17, 15) is 4.79 Å². The van der Waals surface area contributed by atoms with Gasteiger partial charge in [0, 0.05) is 29.8 Å². The van der Waals surface area contributed by atoms with Gasteiger partial charge in [-0.2, -0.15) is 5.10 Å². The molecule has 1 fully saturated rings. The number of carbonyl (C=O) groups excluding carboxylic acids is 1. The molecule has 1 saturated heterocycles. The average Bonchev–Trinajstić information content (AvgIpc) is 3.43. The topological polar surface area (TPSA) is 75.9 Å². The fraction of sp³-hybridized carbons (Fsp3) is 0.500. The van der Waals surface area contributed by atoms with E-state index in [4.69, 9.17) is 9.97 Å². The second-order valence-corrected chi connectivity index (χ2v) is 9.98. The molecule has 0 saturated carbocycles. The fourth-order valence-electron chi connectivity index (χ4n) is 3.45. The van der Waals surface area contributed by atoms with Crippen molar-refractivity contribution >= 4 is 45.9 Å². The van der Waals surface area contributed by atoms with Crippen LogP contribution >= 0.6 is 23.1 Å². The Morgan fingerprint density at radius 2 is 2.14 bits per heavy atom. The Morgan fingerprint density at radius 3 is 2.86 bits per heavy atom. The average molecular weight is 431 g/mol. The van der Waals surface area contributed by atoms with Gasteiger partial charge in [-0.1, -0.05) is 31.7 Å². The SMILES string of the molecule is CC(C)Sc1nc(N2CCCC2)c2cnn(CCNC(=O)Cc3cccs3)c2n1. The van der Waals surface area contributed by atoms with Crippen molar-refractivity contribution in [2.24, 2.45) is 0 Å². The molecule has 9 heteroatoms. The van der Waals surface area contributed by atoms with Crippen molar-refractivity contribution in [3.05, 3.63) is 28.6 Å². The standard InChI is InChI=1S/C20H26N6OS2/c1-14(2)29-20-23-18(25-8-3-4-9-25)16-13-22-26(19(16)24-20)10-7-21-17(27)12-15-6-5-11-28-15/h5-6,11,13-14H,3-4,7-10,12H2,1-2H3,(H,21,27). The quantitative estimate of drug-likeness (QED) is 0.436. The van der Waals surface area contributed by atoms with Crippen molar-refractivity contribution in [1.82, 2.24) is 25.1 Å². The van der Waals surface area contributed by atoms with Crippen molar-refractivity contribution in [2.45, 2.75) is 50.1 Å². The Balaban J connectivity index is 1.50. The van der Waals surface area contributed by atoms with E-state index in [1.165, 1.54) is 12.8 Å². The molecule has 1 amide bonds. The van der Waals surface area contributed by atoms with Crippen LogP contribution in [0.3, 0.4) is 0 Å². The minimum Gasteiger partial charge on any atom is -0.356 e. The van der Waals surface area contributed by atoms with Crippen LogP contribution in [0.1, 0.15) is 31.6 Å². The molecule has 3 aromatic heterocycles. The second-order valence-electron chi connectivity index (χ2n) is 7.40. The van der Waals surface area contributed by atoms with Gasteiger partial charge in [0.05, 0.1) is 24.5 Å². The highest BCUT2D eigenvalue weighted by atomic mass is 32.2. The number of anilines is 1. The summed E-state index contributed by atoms with van der Waals surface area (Å²) in [7, 11) is 0. The Morgan fingerprint density at radius 1 is 1.31 bits per heavy atom. The van der Waals surface area contributed by atoms with Gasteiger partial charge < -0.3 is 10.2 Å². The van der Waals surface area contributed by atoms with Crippen LogP contribution in [-0.4, -0.2) is 50.5 Å². The monoisotopic (exact) mass is 430 g/mol. The number of rotatable bonds is 8. The van der Waals surface area contributed by atoms with Crippen LogP contribution in [0.15, 0.2) is 28.9 Å². The van der Waals surface area contributed by atoms with Gasteiger partial charge in [0.1, 0.15) is 5.82 Å². The first kappa shape index (κ1) is 20.2. The van der Waals surface area contributed by atoms with Crippen LogP contribution in [0.5, 0.6) is 0 Å². The largest absolute Gasteiger partial charge is 0.356 e. The molecule has 7 nitrogen and oxygen atoms in total.